The molecule has 1 fully saturated rings. The number of aliphatic carboxylic acids is 1. The summed E-state index contributed by atoms with van der Waals surface area (Å²) in [6.07, 6.45) is 6.16. The van der Waals surface area contributed by atoms with E-state index < -0.39 is 12.0 Å². The predicted molar refractivity (Wildman–Crippen MR) is 144 cm³/mol. The van der Waals surface area contributed by atoms with Crippen LogP contribution in [0.15, 0.2) is 65.2 Å². The van der Waals surface area contributed by atoms with Gasteiger partial charge in [0, 0.05) is 47.9 Å². The van der Waals surface area contributed by atoms with Crippen LogP contribution in [0.5, 0.6) is 0 Å². The molecule has 37 heavy (non-hydrogen) atoms. The zero-order chi connectivity index (χ0) is 25.8. The fourth-order valence-corrected chi connectivity index (χ4v) is 5.25. The maximum absolute atomic E-state index is 13.4. The van der Waals surface area contributed by atoms with Crippen LogP contribution in [0, 0.1) is 6.92 Å². The second-order valence-corrected chi connectivity index (χ2v) is 9.82. The van der Waals surface area contributed by atoms with E-state index in [1.54, 1.807) is 0 Å². The van der Waals surface area contributed by atoms with E-state index in [4.69, 9.17) is 9.52 Å². The molecular weight excluding hydrogens is 466 g/mol. The molecule has 1 saturated heterocycles. The van der Waals surface area contributed by atoms with Crippen LogP contribution >= 0.6 is 0 Å². The van der Waals surface area contributed by atoms with Crippen molar-refractivity contribution in [1.82, 2.24) is 10.3 Å². The number of carboxylic acids is 1. The molecule has 0 saturated carbocycles. The van der Waals surface area contributed by atoms with E-state index in [2.05, 4.69) is 27.3 Å². The number of aromatic nitrogens is 1. The Bertz CT molecular complexity index is 1400. The summed E-state index contributed by atoms with van der Waals surface area (Å²) in [5.74, 6) is 0.590. The van der Waals surface area contributed by atoms with E-state index >= 15 is 0 Å². The molecule has 5 rings (SSSR count). The molecule has 3 heterocycles. The van der Waals surface area contributed by atoms with Crippen LogP contribution in [-0.2, 0) is 22.4 Å². The second kappa shape index (κ2) is 10.9. The number of para-hydroxylation sites is 1. The Balaban J connectivity index is 1.40. The normalized spacial score (nSPS) is 14.6. The molecule has 0 bridgehead atoms. The van der Waals surface area contributed by atoms with Crippen LogP contribution in [0.4, 0.5) is 5.69 Å². The van der Waals surface area contributed by atoms with E-state index in [1.807, 2.05) is 55.6 Å². The minimum atomic E-state index is -0.825. The second-order valence-electron chi connectivity index (χ2n) is 9.82. The molecule has 1 aliphatic heterocycles. The lowest BCUT2D eigenvalue weighted by molar-refractivity contribution is -0.137. The Morgan fingerprint density at radius 1 is 1.08 bits per heavy atom. The Hall–Kier alpha value is -4.00. The van der Waals surface area contributed by atoms with E-state index in [9.17, 15) is 9.59 Å². The molecule has 0 spiro atoms. The number of aromatic amines is 1. The number of aryl methyl sites for hydroxylation is 2. The number of rotatable bonds is 9. The number of carboxylic acid groups (broad SMARTS) is 1. The Kier molecular flexibility index (Phi) is 7.30. The molecule has 7 heteroatoms. The number of hydrogen-bond donors (Lipinski definition) is 3. The number of fused-ring (bicyclic) bond motifs is 1. The number of benzene rings is 2. The summed E-state index contributed by atoms with van der Waals surface area (Å²) in [7, 11) is 0. The standard InChI is InChI=1S/C30H33N3O4/c1-20-9-13-27(37-20)30(23-7-3-4-8-26(23)33-15-5-2-6-16-33)32-28(34)18-21-10-12-25-24(17-21)22(19-31-25)11-14-29(35)36/h3-4,7-10,12-13,17,19,30-31H,2,5-6,11,14-16,18H2,1H3,(H,32,34)(H,35,36). The fourth-order valence-electron chi connectivity index (χ4n) is 5.25. The van der Waals surface area contributed by atoms with Gasteiger partial charge in [-0.25, -0.2) is 0 Å². The first kappa shape index (κ1) is 24.7. The largest absolute Gasteiger partial charge is 0.481 e. The third kappa shape index (κ3) is 5.71. The summed E-state index contributed by atoms with van der Waals surface area (Å²) in [6, 6.07) is 17.6. The Labute approximate surface area is 216 Å². The SMILES string of the molecule is Cc1ccc(C(NC(=O)Cc2ccc3[nH]cc(CCC(=O)O)c3c2)c2ccccc2N2CCCCC2)o1. The molecule has 1 atom stereocenters. The molecule has 2 aromatic carbocycles. The number of nitrogens with zero attached hydrogens (tertiary/aromatic N) is 1. The lowest BCUT2D eigenvalue weighted by Crippen LogP contribution is -2.34. The summed E-state index contributed by atoms with van der Waals surface area (Å²) < 4.78 is 6.02. The number of hydrogen-bond acceptors (Lipinski definition) is 4. The fraction of sp³-hybridized carbons (Fsp3) is 0.333. The van der Waals surface area contributed by atoms with Crippen molar-refractivity contribution in [2.45, 2.75) is 51.5 Å². The van der Waals surface area contributed by atoms with E-state index in [0.29, 0.717) is 12.2 Å². The molecule has 192 valence electrons. The molecule has 2 aromatic heterocycles. The highest BCUT2D eigenvalue weighted by Crippen LogP contribution is 2.33. The zero-order valence-corrected chi connectivity index (χ0v) is 21.1. The highest BCUT2D eigenvalue weighted by atomic mass is 16.4. The monoisotopic (exact) mass is 499 g/mol. The first-order valence-electron chi connectivity index (χ1n) is 13.0. The third-order valence-corrected chi connectivity index (χ3v) is 7.10. The molecule has 1 amide bonds. The summed E-state index contributed by atoms with van der Waals surface area (Å²) in [6.45, 7) is 3.93. The highest BCUT2D eigenvalue weighted by molar-refractivity contribution is 5.86. The van der Waals surface area contributed by atoms with Gasteiger partial charge in [0.05, 0.1) is 6.42 Å². The number of H-pyrrole nitrogens is 1. The summed E-state index contributed by atoms with van der Waals surface area (Å²) >= 11 is 0. The minimum Gasteiger partial charge on any atom is -0.481 e. The highest BCUT2D eigenvalue weighted by Gasteiger charge is 2.25. The van der Waals surface area contributed by atoms with E-state index in [-0.39, 0.29) is 18.7 Å². The van der Waals surface area contributed by atoms with Crippen molar-refractivity contribution >= 4 is 28.5 Å². The van der Waals surface area contributed by atoms with Gasteiger partial charge in [-0.1, -0.05) is 24.3 Å². The number of carbonyl (C=O) groups excluding carboxylic acids is 1. The van der Waals surface area contributed by atoms with Gasteiger partial charge >= 0.3 is 5.97 Å². The first-order valence-corrected chi connectivity index (χ1v) is 13.0. The van der Waals surface area contributed by atoms with E-state index in [1.165, 1.54) is 19.3 Å². The van der Waals surface area contributed by atoms with Gasteiger partial charge in [-0.3, -0.25) is 9.59 Å². The third-order valence-electron chi connectivity index (χ3n) is 7.10. The van der Waals surface area contributed by atoms with Crippen molar-refractivity contribution in [3.05, 3.63) is 89.0 Å². The number of nitrogens with one attached hydrogen (secondary N) is 2. The van der Waals surface area contributed by atoms with Crippen LogP contribution in [0.3, 0.4) is 0 Å². The quantitative estimate of drug-likeness (QED) is 0.281. The molecule has 0 radical (unpaired) electrons. The number of anilines is 1. The van der Waals surface area contributed by atoms with Gasteiger partial charge in [-0.05, 0) is 74.1 Å². The summed E-state index contributed by atoms with van der Waals surface area (Å²) in [5.41, 5.74) is 4.92. The zero-order valence-electron chi connectivity index (χ0n) is 21.1. The molecule has 4 aromatic rings. The maximum atomic E-state index is 13.4. The number of piperidine rings is 1. The molecule has 3 N–H and O–H groups in total. The lowest BCUT2D eigenvalue weighted by atomic mass is 9.99. The van der Waals surface area contributed by atoms with Crippen molar-refractivity contribution in [3.8, 4) is 0 Å². The van der Waals surface area contributed by atoms with Gasteiger partial charge in [0.15, 0.2) is 0 Å². The first-order chi connectivity index (χ1) is 18.0. The summed E-state index contributed by atoms with van der Waals surface area (Å²) in [4.78, 5) is 30.0. The van der Waals surface area contributed by atoms with Crippen molar-refractivity contribution in [2.75, 3.05) is 18.0 Å². The van der Waals surface area contributed by atoms with Gasteiger partial charge in [0.1, 0.15) is 17.6 Å². The van der Waals surface area contributed by atoms with Crippen molar-refractivity contribution in [1.29, 1.82) is 0 Å². The van der Waals surface area contributed by atoms with Crippen molar-refractivity contribution in [2.24, 2.45) is 0 Å². The molecule has 1 aliphatic rings. The molecule has 7 nitrogen and oxygen atoms in total. The van der Waals surface area contributed by atoms with Gasteiger partial charge in [0.25, 0.3) is 0 Å². The topological polar surface area (TPSA) is 98.6 Å². The van der Waals surface area contributed by atoms with Crippen LogP contribution < -0.4 is 10.2 Å². The van der Waals surface area contributed by atoms with Crippen molar-refractivity contribution < 1.29 is 19.1 Å². The predicted octanol–water partition coefficient (Wildman–Crippen LogP) is 5.53. The van der Waals surface area contributed by atoms with Crippen molar-refractivity contribution in [3.63, 3.8) is 0 Å². The molecule has 1 unspecified atom stereocenters. The Morgan fingerprint density at radius 3 is 2.65 bits per heavy atom. The van der Waals surface area contributed by atoms with Gasteiger partial charge in [0.2, 0.25) is 5.91 Å². The van der Waals surface area contributed by atoms with Crippen LogP contribution in [-0.4, -0.2) is 35.1 Å². The van der Waals surface area contributed by atoms with Crippen LogP contribution in [0.25, 0.3) is 10.9 Å². The maximum Gasteiger partial charge on any atom is 0.303 e. The van der Waals surface area contributed by atoms with Crippen LogP contribution in [0.1, 0.15) is 59.9 Å². The Morgan fingerprint density at radius 2 is 1.89 bits per heavy atom. The molecular formula is C30H33N3O4. The summed E-state index contributed by atoms with van der Waals surface area (Å²) in [5, 5.41) is 13.3. The van der Waals surface area contributed by atoms with Gasteiger partial charge in [-0.2, -0.15) is 0 Å². The molecule has 0 aliphatic carbocycles. The number of carbonyl (C=O) groups is 2. The number of furan rings is 1. The average molecular weight is 500 g/mol. The minimum absolute atomic E-state index is 0.0678. The van der Waals surface area contributed by atoms with Gasteiger partial charge in [-0.15, -0.1) is 0 Å². The number of amides is 1. The lowest BCUT2D eigenvalue weighted by Gasteiger charge is -2.32. The van der Waals surface area contributed by atoms with E-state index in [0.717, 1.165) is 52.1 Å². The van der Waals surface area contributed by atoms with Crippen LogP contribution in [0.2, 0.25) is 0 Å². The van der Waals surface area contributed by atoms with Gasteiger partial charge < -0.3 is 24.7 Å². The average Bonchev–Trinajstić information content (AvgIpc) is 3.52. The smallest absolute Gasteiger partial charge is 0.303 e.